The van der Waals surface area contributed by atoms with Crippen molar-refractivity contribution in [2.75, 3.05) is 0 Å². The monoisotopic (exact) mass is 837 g/mol. The standard InChI is InChI=1S/C57H63N3O3/c1-37(49-19-13-10-14-20-49)28-52-31-46(25-40(4)55(52)61)34-58-43(7)59(35-47-26-41(5)56(62)53(32-47)29-38(2)50-21-15-11-16-22-50)45(9)60(44(58)8)36-48-27-42(6)57(63)54(33-48)30-39(3)51-23-17-12-18-24-51/h10-33,43-45,61-63H,34-36H2,1-9H3. The van der Waals surface area contributed by atoms with Gasteiger partial charge in [-0.25, -0.2) is 0 Å². The van der Waals surface area contributed by atoms with E-state index < -0.39 is 0 Å². The topological polar surface area (TPSA) is 70.4 Å². The van der Waals surface area contributed by atoms with E-state index in [1.165, 1.54) is 0 Å². The molecule has 1 aliphatic heterocycles. The second kappa shape index (κ2) is 19.5. The lowest BCUT2D eigenvalue weighted by Crippen LogP contribution is -2.67. The Kier molecular flexibility index (Phi) is 13.9. The minimum Gasteiger partial charge on any atom is -0.507 e. The van der Waals surface area contributed by atoms with Crippen LogP contribution in [0, 0.1) is 20.8 Å². The zero-order valence-corrected chi connectivity index (χ0v) is 38.4. The lowest BCUT2D eigenvalue weighted by molar-refractivity contribution is -0.168. The SMILES string of the molecule is CC(=Cc1cc(CN2C(C)N(Cc3cc(C)c(O)c(C=C(C)c4ccccc4)c3)C(C)N(Cc3cc(C)c(O)c(C=C(C)c4ccccc4)c3)C2C)cc(C)c1O)c1ccccc1. The molecule has 63 heavy (non-hydrogen) atoms. The summed E-state index contributed by atoms with van der Waals surface area (Å²) in [5.41, 5.74) is 14.9. The van der Waals surface area contributed by atoms with Crippen LogP contribution in [0.3, 0.4) is 0 Å². The Morgan fingerprint density at radius 1 is 0.413 bits per heavy atom. The zero-order chi connectivity index (χ0) is 44.9. The van der Waals surface area contributed by atoms with Crippen molar-refractivity contribution in [3.05, 3.63) is 194 Å². The third-order valence-corrected chi connectivity index (χ3v) is 12.9. The first kappa shape index (κ1) is 44.9. The Balaban J connectivity index is 1.27. The smallest absolute Gasteiger partial charge is 0.125 e. The van der Waals surface area contributed by atoms with E-state index in [4.69, 9.17) is 0 Å². The Bertz CT molecular complexity index is 2350. The summed E-state index contributed by atoms with van der Waals surface area (Å²) in [6.45, 7) is 21.1. The number of hydrogen-bond acceptors (Lipinski definition) is 6. The number of phenols is 3. The molecule has 0 radical (unpaired) electrons. The number of rotatable bonds is 12. The van der Waals surface area contributed by atoms with Crippen LogP contribution in [-0.4, -0.2) is 48.5 Å². The van der Waals surface area contributed by atoms with Gasteiger partial charge in [-0.15, -0.1) is 0 Å². The predicted octanol–water partition coefficient (Wildman–Crippen LogP) is 13.3. The molecule has 1 heterocycles. The van der Waals surface area contributed by atoms with Gasteiger partial charge in [-0.3, -0.25) is 14.7 Å². The summed E-state index contributed by atoms with van der Waals surface area (Å²) in [5.74, 6) is 0.905. The van der Waals surface area contributed by atoms with Gasteiger partial charge in [0.05, 0.1) is 18.5 Å². The van der Waals surface area contributed by atoms with E-state index in [9.17, 15) is 15.3 Å². The highest BCUT2D eigenvalue weighted by Crippen LogP contribution is 2.36. The second-order valence-corrected chi connectivity index (χ2v) is 17.5. The number of benzene rings is 6. The number of aryl methyl sites for hydroxylation is 3. The number of phenolic OH excluding ortho intramolecular Hbond substituents is 3. The molecule has 6 heteroatoms. The van der Waals surface area contributed by atoms with E-state index in [2.05, 4.69) is 147 Å². The zero-order valence-electron chi connectivity index (χ0n) is 38.4. The minimum absolute atomic E-state index is 0.0260. The molecule has 1 fully saturated rings. The largest absolute Gasteiger partial charge is 0.507 e. The third-order valence-electron chi connectivity index (χ3n) is 12.9. The normalized spacial score (nSPS) is 18.2. The van der Waals surface area contributed by atoms with Crippen LogP contribution < -0.4 is 0 Å². The van der Waals surface area contributed by atoms with E-state index in [1.54, 1.807) is 0 Å². The number of allylic oxidation sites excluding steroid dienone is 3. The number of nitrogens with zero attached hydrogens (tertiary/aromatic N) is 3. The molecule has 0 spiro atoms. The molecule has 0 aromatic heterocycles. The summed E-state index contributed by atoms with van der Waals surface area (Å²) < 4.78 is 0. The Labute approximate surface area is 375 Å². The van der Waals surface area contributed by atoms with E-state index in [1.807, 2.05) is 75.4 Å². The van der Waals surface area contributed by atoms with Crippen molar-refractivity contribution in [2.24, 2.45) is 0 Å². The van der Waals surface area contributed by atoms with Crippen molar-refractivity contribution in [1.29, 1.82) is 0 Å². The second-order valence-electron chi connectivity index (χ2n) is 17.5. The predicted molar refractivity (Wildman–Crippen MR) is 264 cm³/mol. The van der Waals surface area contributed by atoms with Gasteiger partial charge in [0.1, 0.15) is 17.2 Å². The molecule has 0 saturated carbocycles. The van der Waals surface area contributed by atoms with Crippen LogP contribution in [0.2, 0.25) is 0 Å². The lowest BCUT2D eigenvalue weighted by Gasteiger charge is -2.55. The molecule has 6 aromatic rings. The highest BCUT2D eigenvalue weighted by molar-refractivity contribution is 5.84. The summed E-state index contributed by atoms with van der Waals surface area (Å²) in [5, 5.41) is 34.0. The first-order valence-electron chi connectivity index (χ1n) is 22.1. The molecule has 0 amide bonds. The van der Waals surface area contributed by atoms with Gasteiger partial charge in [-0.1, -0.05) is 109 Å². The van der Waals surface area contributed by atoms with Gasteiger partial charge in [-0.2, -0.15) is 0 Å². The Morgan fingerprint density at radius 2 is 0.651 bits per heavy atom. The van der Waals surface area contributed by atoms with E-state index >= 15 is 0 Å². The van der Waals surface area contributed by atoms with Crippen LogP contribution >= 0.6 is 0 Å². The molecule has 7 rings (SSSR count). The molecule has 6 nitrogen and oxygen atoms in total. The van der Waals surface area contributed by atoms with Gasteiger partial charge in [0.15, 0.2) is 0 Å². The molecule has 324 valence electrons. The average Bonchev–Trinajstić information content (AvgIpc) is 3.28. The average molecular weight is 838 g/mol. The summed E-state index contributed by atoms with van der Waals surface area (Å²) in [4.78, 5) is 7.64. The van der Waals surface area contributed by atoms with Crippen LogP contribution in [0.5, 0.6) is 17.2 Å². The molecular weight excluding hydrogens is 775 g/mol. The van der Waals surface area contributed by atoms with Crippen molar-refractivity contribution in [1.82, 2.24) is 14.7 Å². The van der Waals surface area contributed by atoms with Crippen LogP contribution in [-0.2, 0) is 19.6 Å². The molecular formula is C57H63N3O3. The number of aromatic hydroxyl groups is 3. The van der Waals surface area contributed by atoms with Crippen LogP contribution in [0.15, 0.2) is 127 Å². The summed E-state index contributed by atoms with van der Waals surface area (Å²) >= 11 is 0. The molecule has 1 saturated heterocycles. The quantitative estimate of drug-likeness (QED) is 0.107. The fourth-order valence-electron chi connectivity index (χ4n) is 9.24. The highest BCUT2D eigenvalue weighted by atomic mass is 16.3. The van der Waals surface area contributed by atoms with Gasteiger partial charge >= 0.3 is 0 Å². The molecule has 0 aliphatic carbocycles. The van der Waals surface area contributed by atoms with Crippen molar-refractivity contribution in [3.8, 4) is 17.2 Å². The van der Waals surface area contributed by atoms with Gasteiger partial charge in [0.2, 0.25) is 0 Å². The molecule has 0 atom stereocenters. The van der Waals surface area contributed by atoms with Gasteiger partial charge in [0.25, 0.3) is 0 Å². The van der Waals surface area contributed by atoms with E-state index in [0.29, 0.717) is 36.9 Å². The first-order chi connectivity index (χ1) is 30.2. The fraction of sp³-hybridized carbons (Fsp3) is 0.263. The summed E-state index contributed by atoms with van der Waals surface area (Å²) in [6.07, 6.45) is 6.33. The first-order valence-corrected chi connectivity index (χ1v) is 22.1. The molecule has 3 N–H and O–H groups in total. The van der Waals surface area contributed by atoms with Crippen molar-refractivity contribution < 1.29 is 15.3 Å². The Morgan fingerprint density at radius 3 is 0.889 bits per heavy atom. The van der Waals surface area contributed by atoms with Crippen LogP contribution in [0.1, 0.15) is 108 Å². The van der Waals surface area contributed by atoms with Crippen molar-refractivity contribution >= 4 is 34.9 Å². The molecule has 0 unspecified atom stereocenters. The maximum Gasteiger partial charge on any atom is 0.125 e. The lowest BCUT2D eigenvalue weighted by atomic mass is 9.98. The molecule has 0 bridgehead atoms. The maximum absolute atomic E-state index is 11.3. The Hall–Kier alpha value is -6.18. The highest BCUT2D eigenvalue weighted by Gasteiger charge is 2.40. The van der Waals surface area contributed by atoms with Gasteiger partial charge in [0, 0.05) is 36.3 Å². The maximum atomic E-state index is 11.3. The third kappa shape index (κ3) is 10.2. The van der Waals surface area contributed by atoms with Crippen molar-refractivity contribution in [3.63, 3.8) is 0 Å². The van der Waals surface area contributed by atoms with Gasteiger partial charge in [-0.05, 0) is 166 Å². The summed E-state index contributed by atoms with van der Waals surface area (Å²) in [7, 11) is 0. The number of hydrogen-bond donors (Lipinski definition) is 3. The molecule has 1 aliphatic rings. The minimum atomic E-state index is 0.0260. The fourth-order valence-corrected chi connectivity index (χ4v) is 9.24. The molecule has 6 aromatic carbocycles. The van der Waals surface area contributed by atoms with Gasteiger partial charge < -0.3 is 15.3 Å². The van der Waals surface area contributed by atoms with Crippen LogP contribution in [0.25, 0.3) is 34.9 Å². The van der Waals surface area contributed by atoms with Crippen LogP contribution in [0.4, 0.5) is 0 Å². The van der Waals surface area contributed by atoms with E-state index in [0.717, 1.165) is 83.5 Å². The van der Waals surface area contributed by atoms with Crippen molar-refractivity contribution in [2.45, 2.75) is 100 Å². The van der Waals surface area contributed by atoms with E-state index in [-0.39, 0.29) is 18.5 Å². The summed E-state index contributed by atoms with van der Waals surface area (Å²) in [6, 6.07) is 43.6.